The molecule has 0 bridgehead atoms. The molecular formula is C15H20N2O3S. The molecule has 2 rings (SSSR count). The van der Waals surface area contributed by atoms with Gasteiger partial charge in [0.25, 0.3) is 0 Å². The number of carbonyl (C=O) groups is 2. The molecule has 2 aromatic rings. The number of hydrogen-bond acceptors (Lipinski definition) is 4. The highest BCUT2D eigenvalue weighted by atomic mass is 32.1. The second-order valence-corrected chi connectivity index (χ2v) is 5.95. The van der Waals surface area contributed by atoms with Crippen LogP contribution in [0.15, 0.2) is 11.6 Å². The molecule has 2 aromatic heterocycles. The van der Waals surface area contributed by atoms with Crippen molar-refractivity contribution in [1.29, 1.82) is 0 Å². The molecule has 1 N–H and O–H groups in total. The molecule has 0 unspecified atom stereocenters. The Hall–Kier alpha value is -1.82. The summed E-state index contributed by atoms with van der Waals surface area (Å²) >= 11 is 1.47. The maximum Gasteiger partial charge on any atom is 0.341 e. The maximum atomic E-state index is 12.3. The summed E-state index contributed by atoms with van der Waals surface area (Å²) in [6, 6.07) is 0. The summed E-state index contributed by atoms with van der Waals surface area (Å²) in [7, 11) is 1.62. The number of fused-ring (bicyclic) bond motifs is 1. The first-order chi connectivity index (χ1) is 9.97. The minimum absolute atomic E-state index is 0.0484. The van der Waals surface area contributed by atoms with Gasteiger partial charge >= 0.3 is 5.97 Å². The largest absolute Gasteiger partial charge is 0.459 e. The number of aromatic nitrogens is 1. The van der Waals surface area contributed by atoms with E-state index < -0.39 is 0 Å². The van der Waals surface area contributed by atoms with Crippen LogP contribution < -0.4 is 5.32 Å². The van der Waals surface area contributed by atoms with E-state index in [1.807, 2.05) is 36.7 Å². The van der Waals surface area contributed by atoms with Crippen LogP contribution in [0.2, 0.25) is 0 Å². The third kappa shape index (κ3) is 3.10. The summed E-state index contributed by atoms with van der Waals surface area (Å²) in [5, 5.41) is 4.53. The van der Waals surface area contributed by atoms with Crippen LogP contribution in [0, 0.1) is 0 Å². The summed E-state index contributed by atoms with van der Waals surface area (Å²) in [5.74, 6) is -0.342. The van der Waals surface area contributed by atoms with E-state index >= 15 is 0 Å². The van der Waals surface area contributed by atoms with E-state index in [2.05, 4.69) is 5.32 Å². The Bertz CT molecular complexity index is 670. The second-order valence-electron chi connectivity index (χ2n) is 5.09. The smallest absolute Gasteiger partial charge is 0.341 e. The Morgan fingerprint density at radius 3 is 2.71 bits per heavy atom. The minimum atomic E-state index is -0.294. The van der Waals surface area contributed by atoms with Crippen LogP contribution in [-0.2, 0) is 22.4 Å². The fourth-order valence-corrected chi connectivity index (χ4v) is 3.25. The number of esters is 1. The summed E-state index contributed by atoms with van der Waals surface area (Å²) < 4.78 is 7.26. The third-order valence-corrected chi connectivity index (χ3v) is 4.22. The van der Waals surface area contributed by atoms with Gasteiger partial charge in [0.1, 0.15) is 4.83 Å². The fourth-order valence-electron chi connectivity index (χ4n) is 2.19. The van der Waals surface area contributed by atoms with Crippen molar-refractivity contribution < 1.29 is 14.3 Å². The summed E-state index contributed by atoms with van der Waals surface area (Å²) in [5.41, 5.74) is 2.46. The van der Waals surface area contributed by atoms with E-state index in [-0.39, 0.29) is 18.0 Å². The van der Waals surface area contributed by atoms with Crippen molar-refractivity contribution in [3.63, 3.8) is 0 Å². The number of likely N-dealkylation sites (N-methyl/N-ethyl adjacent to an activating group) is 1. The van der Waals surface area contributed by atoms with Gasteiger partial charge in [-0.2, -0.15) is 0 Å². The lowest BCUT2D eigenvalue weighted by Gasteiger charge is -2.07. The Morgan fingerprint density at radius 2 is 2.14 bits per heavy atom. The zero-order valence-corrected chi connectivity index (χ0v) is 13.5. The first-order valence-corrected chi connectivity index (χ1v) is 7.87. The van der Waals surface area contributed by atoms with Crippen LogP contribution >= 0.6 is 11.3 Å². The molecule has 0 aliphatic rings. The normalized spacial score (nSPS) is 11.1. The number of amides is 1. The topological polar surface area (TPSA) is 59.8 Å². The number of aryl methyl sites for hydroxylation is 1. The maximum absolute atomic E-state index is 12.3. The Labute approximate surface area is 127 Å². The van der Waals surface area contributed by atoms with Crippen molar-refractivity contribution in [2.75, 3.05) is 7.05 Å². The van der Waals surface area contributed by atoms with E-state index in [4.69, 9.17) is 4.74 Å². The number of thiazole rings is 1. The van der Waals surface area contributed by atoms with Gasteiger partial charge in [0, 0.05) is 24.3 Å². The predicted molar refractivity (Wildman–Crippen MR) is 83.0 cm³/mol. The van der Waals surface area contributed by atoms with Crippen LogP contribution in [0.4, 0.5) is 0 Å². The van der Waals surface area contributed by atoms with Crippen molar-refractivity contribution in [3.05, 3.63) is 28.4 Å². The number of nitrogens with one attached hydrogen (secondary N) is 1. The van der Waals surface area contributed by atoms with Gasteiger partial charge in [0.15, 0.2) is 0 Å². The van der Waals surface area contributed by atoms with Crippen molar-refractivity contribution in [3.8, 4) is 0 Å². The Balaban J connectivity index is 2.45. The van der Waals surface area contributed by atoms with E-state index in [0.717, 1.165) is 22.5 Å². The SMILES string of the molecule is CCc1cn2c(CC(=O)NC)csc2c1C(=O)OC(C)C. The van der Waals surface area contributed by atoms with Crippen LogP contribution in [0.1, 0.15) is 42.4 Å². The molecule has 0 fully saturated rings. The molecule has 0 atom stereocenters. The van der Waals surface area contributed by atoms with E-state index in [0.29, 0.717) is 12.0 Å². The molecular weight excluding hydrogens is 288 g/mol. The molecule has 0 aliphatic carbocycles. The van der Waals surface area contributed by atoms with Gasteiger partial charge in [-0.15, -0.1) is 11.3 Å². The summed E-state index contributed by atoms with van der Waals surface area (Å²) in [6.07, 6.45) is 2.83. The van der Waals surface area contributed by atoms with Gasteiger partial charge in [-0.25, -0.2) is 4.79 Å². The van der Waals surface area contributed by atoms with Crippen LogP contribution in [0.5, 0.6) is 0 Å². The monoisotopic (exact) mass is 308 g/mol. The molecule has 1 amide bonds. The lowest BCUT2D eigenvalue weighted by molar-refractivity contribution is -0.120. The molecule has 0 saturated carbocycles. The molecule has 114 valence electrons. The number of nitrogens with zero attached hydrogens (tertiary/aromatic N) is 1. The molecule has 6 heteroatoms. The molecule has 0 radical (unpaired) electrons. The van der Waals surface area contributed by atoms with Gasteiger partial charge in [-0.1, -0.05) is 6.92 Å². The number of rotatable bonds is 5. The first kappa shape index (κ1) is 15.6. The van der Waals surface area contributed by atoms with Crippen LogP contribution in [0.25, 0.3) is 4.83 Å². The van der Waals surface area contributed by atoms with E-state index in [1.54, 1.807) is 7.05 Å². The van der Waals surface area contributed by atoms with Crippen LogP contribution in [0.3, 0.4) is 0 Å². The molecule has 0 saturated heterocycles. The van der Waals surface area contributed by atoms with Crippen LogP contribution in [-0.4, -0.2) is 29.4 Å². The highest BCUT2D eigenvalue weighted by Crippen LogP contribution is 2.28. The number of carbonyl (C=O) groups excluding carboxylic acids is 2. The first-order valence-electron chi connectivity index (χ1n) is 6.99. The standard InChI is InChI=1S/C15H20N2O3S/c1-5-10-7-17-11(6-12(18)16-4)8-21-14(17)13(10)15(19)20-9(2)3/h7-9H,5-6H2,1-4H3,(H,16,18). The number of hydrogen-bond donors (Lipinski definition) is 1. The molecule has 5 nitrogen and oxygen atoms in total. The van der Waals surface area contributed by atoms with Gasteiger partial charge < -0.3 is 14.5 Å². The van der Waals surface area contributed by atoms with E-state index in [9.17, 15) is 9.59 Å². The highest BCUT2D eigenvalue weighted by Gasteiger charge is 2.22. The lowest BCUT2D eigenvalue weighted by Crippen LogP contribution is -2.20. The lowest BCUT2D eigenvalue weighted by atomic mass is 10.1. The summed E-state index contributed by atoms with van der Waals surface area (Å²) in [4.78, 5) is 24.7. The zero-order chi connectivity index (χ0) is 15.6. The average molecular weight is 308 g/mol. The van der Waals surface area contributed by atoms with Gasteiger partial charge in [-0.05, 0) is 25.8 Å². The summed E-state index contributed by atoms with van der Waals surface area (Å²) in [6.45, 7) is 5.68. The van der Waals surface area contributed by atoms with Crippen molar-refractivity contribution >= 4 is 28.0 Å². The quantitative estimate of drug-likeness (QED) is 0.863. The van der Waals surface area contributed by atoms with Gasteiger partial charge in [-0.3, -0.25) is 4.79 Å². The zero-order valence-electron chi connectivity index (χ0n) is 12.7. The van der Waals surface area contributed by atoms with Crippen molar-refractivity contribution in [1.82, 2.24) is 9.72 Å². The predicted octanol–water partition coefficient (Wildman–Crippen LogP) is 2.42. The third-order valence-electron chi connectivity index (χ3n) is 3.20. The number of ether oxygens (including phenoxy) is 1. The van der Waals surface area contributed by atoms with E-state index in [1.165, 1.54) is 11.3 Å². The van der Waals surface area contributed by atoms with Crippen molar-refractivity contribution in [2.45, 2.75) is 39.7 Å². The molecule has 2 heterocycles. The molecule has 0 aliphatic heterocycles. The Morgan fingerprint density at radius 1 is 1.43 bits per heavy atom. The fraction of sp³-hybridized carbons (Fsp3) is 0.467. The molecule has 21 heavy (non-hydrogen) atoms. The highest BCUT2D eigenvalue weighted by molar-refractivity contribution is 7.16. The van der Waals surface area contributed by atoms with Gasteiger partial charge in [0.2, 0.25) is 5.91 Å². The molecule has 0 spiro atoms. The minimum Gasteiger partial charge on any atom is -0.459 e. The Kier molecular flexibility index (Phi) is 4.67. The van der Waals surface area contributed by atoms with Crippen molar-refractivity contribution in [2.24, 2.45) is 0 Å². The average Bonchev–Trinajstić information content (AvgIpc) is 2.97. The molecule has 0 aromatic carbocycles. The second kappa shape index (κ2) is 6.30. The van der Waals surface area contributed by atoms with Gasteiger partial charge in [0.05, 0.1) is 18.1 Å².